The van der Waals surface area contributed by atoms with Crippen LogP contribution >= 0.6 is 23.2 Å². The van der Waals surface area contributed by atoms with Gasteiger partial charge in [-0.15, -0.1) is 0 Å². The molecule has 3 aromatic carbocycles. The summed E-state index contributed by atoms with van der Waals surface area (Å²) in [6, 6.07) is 22.0. The molecule has 0 fully saturated rings. The minimum Gasteiger partial charge on any atom is -0.461 e. The topological polar surface area (TPSA) is 73.2 Å². The van der Waals surface area contributed by atoms with Crippen molar-refractivity contribution in [1.29, 1.82) is 0 Å². The van der Waals surface area contributed by atoms with Gasteiger partial charge in [0.1, 0.15) is 0 Å². The van der Waals surface area contributed by atoms with Crippen molar-refractivity contribution in [2.24, 2.45) is 0 Å². The molecule has 0 saturated carbocycles. The number of esters is 1. The second-order valence-corrected chi connectivity index (χ2v) is 9.33. The van der Waals surface area contributed by atoms with E-state index in [-0.39, 0.29) is 24.2 Å². The number of aryl methyl sites for hydroxylation is 1. The van der Waals surface area contributed by atoms with Gasteiger partial charge in [-0.1, -0.05) is 47.5 Å². The SMILES string of the molecule is CCOC(=O)c1cc(-c2ccc(Cl)cc2Cl)n(-c2ccc(C(=O)N[C@@H]3CCc4ccccc43)cc2)n1. The maximum absolute atomic E-state index is 13.0. The summed E-state index contributed by atoms with van der Waals surface area (Å²) in [7, 11) is 0. The van der Waals surface area contributed by atoms with Crippen LogP contribution in [0.2, 0.25) is 10.0 Å². The van der Waals surface area contributed by atoms with Crippen molar-refractivity contribution >= 4 is 35.1 Å². The van der Waals surface area contributed by atoms with E-state index >= 15 is 0 Å². The minimum atomic E-state index is -0.532. The minimum absolute atomic E-state index is 0.00489. The zero-order chi connectivity index (χ0) is 25.2. The molecule has 0 saturated heterocycles. The van der Waals surface area contributed by atoms with E-state index in [2.05, 4.69) is 22.5 Å². The van der Waals surface area contributed by atoms with Crippen LogP contribution in [0.15, 0.2) is 72.8 Å². The summed E-state index contributed by atoms with van der Waals surface area (Å²) in [5.74, 6) is -0.674. The molecular formula is C28H23Cl2N3O3. The number of nitrogens with zero attached hydrogens (tertiary/aromatic N) is 2. The van der Waals surface area contributed by atoms with Crippen molar-refractivity contribution in [2.45, 2.75) is 25.8 Å². The monoisotopic (exact) mass is 519 g/mol. The van der Waals surface area contributed by atoms with Crippen molar-refractivity contribution in [3.05, 3.63) is 105 Å². The molecular weight excluding hydrogens is 497 g/mol. The molecule has 1 aliphatic rings. The number of benzene rings is 3. The Hall–Kier alpha value is -3.61. The van der Waals surface area contributed by atoms with Crippen molar-refractivity contribution < 1.29 is 14.3 Å². The predicted molar refractivity (Wildman–Crippen MR) is 140 cm³/mol. The lowest BCUT2D eigenvalue weighted by molar-refractivity contribution is 0.0518. The third kappa shape index (κ3) is 4.74. The summed E-state index contributed by atoms with van der Waals surface area (Å²) in [4.78, 5) is 25.4. The van der Waals surface area contributed by atoms with Gasteiger partial charge < -0.3 is 10.1 Å². The van der Waals surface area contributed by atoms with Gasteiger partial charge in [-0.3, -0.25) is 4.79 Å². The summed E-state index contributed by atoms with van der Waals surface area (Å²) in [5, 5.41) is 8.54. The van der Waals surface area contributed by atoms with Crippen LogP contribution in [-0.2, 0) is 11.2 Å². The molecule has 1 aromatic heterocycles. The maximum Gasteiger partial charge on any atom is 0.358 e. The van der Waals surface area contributed by atoms with Crippen LogP contribution in [0.3, 0.4) is 0 Å². The fraction of sp³-hybridized carbons (Fsp3) is 0.179. The van der Waals surface area contributed by atoms with Crippen LogP contribution < -0.4 is 5.32 Å². The number of nitrogens with one attached hydrogen (secondary N) is 1. The smallest absolute Gasteiger partial charge is 0.358 e. The average molecular weight is 520 g/mol. The van der Waals surface area contributed by atoms with E-state index in [0.717, 1.165) is 12.8 Å². The molecule has 1 heterocycles. The molecule has 1 amide bonds. The van der Waals surface area contributed by atoms with Gasteiger partial charge in [0.15, 0.2) is 5.69 Å². The fourth-order valence-electron chi connectivity index (χ4n) is 4.47. The summed E-state index contributed by atoms with van der Waals surface area (Å²) in [6.07, 6.45) is 1.84. The van der Waals surface area contributed by atoms with Crippen LogP contribution in [0, 0.1) is 0 Å². The second kappa shape index (κ2) is 10.2. The van der Waals surface area contributed by atoms with Gasteiger partial charge in [-0.2, -0.15) is 5.10 Å². The number of hydrogen-bond donors (Lipinski definition) is 1. The van der Waals surface area contributed by atoms with Crippen LogP contribution in [0.25, 0.3) is 16.9 Å². The molecule has 0 bridgehead atoms. The Morgan fingerprint density at radius 1 is 1.06 bits per heavy atom. The maximum atomic E-state index is 13.0. The Labute approximate surface area is 218 Å². The highest BCUT2D eigenvalue weighted by atomic mass is 35.5. The van der Waals surface area contributed by atoms with Gasteiger partial charge in [-0.05, 0) is 79.4 Å². The first-order chi connectivity index (χ1) is 17.4. The van der Waals surface area contributed by atoms with Crippen LogP contribution in [-0.4, -0.2) is 28.3 Å². The van der Waals surface area contributed by atoms with E-state index in [1.807, 2.05) is 12.1 Å². The number of rotatable bonds is 6. The number of hydrogen-bond acceptors (Lipinski definition) is 4. The number of carbonyl (C=O) groups excluding carboxylic acids is 2. The molecule has 1 aliphatic carbocycles. The Kier molecular flexibility index (Phi) is 6.81. The first-order valence-corrected chi connectivity index (χ1v) is 12.4. The van der Waals surface area contributed by atoms with Crippen molar-refractivity contribution in [3.8, 4) is 16.9 Å². The fourth-order valence-corrected chi connectivity index (χ4v) is 4.98. The number of fused-ring (bicyclic) bond motifs is 1. The summed E-state index contributed by atoms with van der Waals surface area (Å²) in [5.41, 5.74) is 5.06. The van der Waals surface area contributed by atoms with Crippen molar-refractivity contribution in [3.63, 3.8) is 0 Å². The number of aromatic nitrogens is 2. The molecule has 8 heteroatoms. The molecule has 6 nitrogen and oxygen atoms in total. The number of carbonyl (C=O) groups is 2. The molecule has 36 heavy (non-hydrogen) atoms. The number of ether oxygens (including phenoxy) is 1. The lowest BCUT2D eigenvalue weighted by Crippen LogP contribution is -2.27. The summed E-state index contributed by atoms with van der Waals surface area (Å²) in [6.45, 7) is 1.97. The molecule has 0 unspecified atom stereocenters. The quantitative estimate of drug-likeness (QED) is 0.297. The van der Waals surface area contributed by atoms with E-state index < -0.39 is 5.97 Å². The Bertz CT molecular complexity index is 1450. The lowest BCUT2D eigenvalue weighted by Gasteiger charge is -2.15. The summed E-state index contributed by atoms with van der Waals surface area (Å²) < 4.78 is 6.74. The zero-order valence-corrected chi connectivity index (χ0v) is 21.0. The van der Waals surface area contributed by atoms with Gasteiger partial charge in [0, 0.05) is 16.1 Å². The summed E-state index contributed by atoms with van der Waals surface area (Å²) >= 11 is 12.5. The van der Waals surface area contributed by atoms with Gasteiger partial charge in [0.2, 0.25) is 0 Å². The van der Waals surface area contributed by atoms with Crippen molar-refractivity contribution in [2.75, 3.05) is 6.61 Å². The number of amides is 1. The Morgan fingerprint density at radius 2 is 1.83 bits per heavy atom. The third-order valence-electron chi connectivity index (χ3n) is 6.21. The Morgan fingerprint density at radius 3 is 2.58 bits per heavy atom. The first kappa shape index (κ1) is 24.1. The molecule has 0 aliphatic heterocycles. The Balaban J connectivity index is 1.44. The van der Waals surface area contributed by atoms with Crippen LogP contribution in [0.4, 0.5) is 0 Å². The molecule has 182 valence electrons. The highest BCUT2D eigenvalue weighted by molar-refractivity contribution is 6.36. The van der Waals surface area contributed by atoms with Gasteiger partial charge in [0.05, 0.1) is 29.1 Å². The van der Waals surface area contributed by atoms with E-state index in [0.29, 0.717) is 32.6 Å². The molecule has 0 spiro atoms. The van der Waals surface area contributed by atoms with E-state index in [1.54, 1.807) is 60.1 Å². The predicted octanol–water partition coefficient (Wildman–Crippen LogP) is 6.44. The largest absolute Gasteiger partial charge is 0.461 e. The van der Waals surface area contributed by atoms with Crippen LogP contribution in [0.5, 0.6) is 0 Å². The molecule has 4 aromatic rings. The first-order valence-electron chi connectivity index (χ1n) is 11.7. The molecule has 0 radical (unpaired) electrons. The second-order valence-electron chi connectivity index (χ2n) is 8.48. The highest BCUT2D eigenvalue weighted by Crippen LogP contribution is 2.33. The van der Waals surface area contributed by atoms with E-state index in [9.17, 15) is 9.59 Å². The molecule has 5 rings (SSSR count). The molecule has 1 atom stereocenters. The normalized spacial score (nSPS) is 14.4. The van der Waals surface area contributed by atoms with E-state index in [1.165, 1.54) is 11.1 Å². The third-order valence-corrected chi connectivity index (χ3v) is 6.76. The van der Waals surface area contributed by atoms with Gasteiger partial charge in [-0.25, -0.2) is 9.48 Å². The van der Waals surface area contributed by atoms with Crippen molar-refractivity contribution in [1.82, 2.24) is 15.1 Å². The van der Waals surface area contributed by atoms with E-state index in [4.69, 9.17) is 27.9 Å². The number of halogens is 2. The lowest BCUT2D eigenvalue weighted by atomic mass is 10.1. The standard InChI is InChI=1S/C28H23Cl2N3O3/c1-2-36-28(35)25-16-26(22-13-10-19(29)15-23(22)30)33(32-25)20-11-7-18(8-12-20)27(34)31-24-14-9-17-5-3-4-6-21(17)24/h3-8,10-13,15-16,24H,2,9,14H2,1H3,(H,31,34)/t24-/m1/s1. The zero-order valence-electron chi connectivity index (χ0n) is 19.5. The van der Waals surface area contributed by atoms with Gasteiger partial charge >= 0.3 is 5.97 Å². The van der Waals surface area contributed by atoms with Crippen LogP contribution in [0.1, 0.15) is 51.4 Å². The van der Waals surface area contributed by atoms with Gasteiger partial charge in [0.25, 0.3) is 5.91 Å². The molecule has 1 N–H and O–H groups in total. The highest BCUT2D eigenvalue weighted by Gasteiger charge is 2.24. The average Bonchev–Trinajstić information content (AvgIpc) is 3.49.